The Kier molecular flexibility index (Phi) is 3.58. The Balaban J connectivity index is 2.02. The lowest BCUT2D eigenvalue weighted by Gasteiger charge is -1.99. The average molecular weight is 312 g/mol. The normalized spacial score (nSPS) is 12.3. The third-order valence-electron chi connectivity index (χ3n) is 3.58. The lowest BCUT2D eigenvalue weighted by Crippen LogP contribution is -1.98. The van der Waals surface area contributed by atoms with E-state index in [1.165, 1.54) is 6.21 Å². The second-order valence-corrected chi connectivity index (χ2v) is 6.86. The van der Waals surface area contributed by atoms with E-state index in [-0.39, 0.29) is 4.90 Å². The molecule has 0 aliphatic rings. The molecule has 0 radical (unpaired) electrons. The summed E-state index contributed by atoms with van der Waals surface area (Å²) in [5.41, 5.74) is 3.67. The van der Waals surface area contributed by atoms with Crippen molar-refractivity contribution in [1.82, 2.24) is 4.98 Å². The number of sulfonamides is 1. The molecule has 3 rings (SSSR count). The van der Waals surface area contributed by atoms with Gasteiger partial charge in [0, 0.05) is 22.2 Å². The Morgan fingerprint density at radius 1 is 1.00 bits per heavy atom. The van der Waals surface area contributed by atoms with Gasteiger partial charge >= 0.3 is 0 Å². The molecule has 22 heavy (non-hydrogen) atoms. The van der Waals surface area contributed by atoms with Crippen LogP contribution in [0.4, 0.5) is 0 Å². The number of nitrogens with zero attached hydrogens (tertiary/aromatic N) is 1. The van der Waals surface area contributed by atoms with Crippen LogP contribution in [0.3, 0.4) is 0 Å². The van der Waals surface area contributed by atoms with Gasteiger partial charge in [0.2, 0.25) is 0 Å². The minimum atomic E-state index is -3.68. The highest BCUT2D eigenvalue weighted by molar-refractivity contribution is 7.90. The first-order chi connectivity index (χ1) is 10.5. The fraction of sp³-hybridized carbons (Fsp3) is 0.118. The Morgan fingerprint density at radius 3 is 2.41 bits per heavy atom. The van der Waals surface area contributed by atoms with E-state index in [1.807, 2.05) is 38.1 Å². The molecule has 112 valence electrons. The number of aromatic nitrogens is 1. The Labute approximate surface area is 129 Å². The third kappa shape index (κ3) is 2.67. The van der Waals surface area contributed by atoms with E-state index in [2.05, 4.69) is 9.38 Å². The standard InChI is InChI=1S/C17H16N2O2S/c1-12-7-9-14(10-8-12)22(20,21)18-11-16-13(2)19-17-6-4-3-5-15(16)17/h3-11,19H,1-2H3/b18-11-. The van der Waals surface area contributed by atoms with Crippen molar-refractivity contribution in [3.05, 3.63) is 65.4 Å². The number of hydrogen-bond donors (Lipinski definition) is 1. The number of fused-ring (bicyclic) bond motifs is 1. The predicted octanol–water partition coefficient (Wildman–Crippen LogP) is 3.59. The number of rotatable bonds is 3. The van der Waals surface area contributed by atoms with Gasteiger partial charge < -0.3 is 4.98 Å². The summed E-state index contributed by atoms with van der Waals surface area (Å²) in [4.78, 5) is 3.43. The lowest BCUT2D eigenvalue weighted by molar-refractivity contribution is 0.598. The SMILES string of the molecule is Cc1ccc(S(=O)(=O)/N=C\c2c(C)[nH]c3ccccc23)cc1. The summed E-state index contributed by atoms with van der Waals surface area (Å²) in [6.07, 6.45) is 1.42. The molecule has 0 unspecified atom stereocenters. The number of aryl methyl sites for hydroxylation is 2. The van der Waals surface area contributed by atoms with Crippen molar-refractivity contribution < 1.29 is 8.42 Å². The van der Waals surface area contributed by atoms with E-state index >= 15 is 0 Å². The van der Waals surface area contributed by atoms with Crippen LogP contribution in [-0.4, -0.2) is 19.6 Å². The van der Waals surface area contributed by atoms with Crippen molar-refractivity contribution in [1.29, 1.82) is 0 Å². The molecular weight excluding hydrogens is 296 g/mol. The maximum absolute atomic E-state index is 12.3. The van der Waals surface area contributed by atoms with Crippen molar-refractivity contribution in [2.75, 3.05) is 0 Å². The number of aromatic amines is 1. The zero-order valence-corrected chi connectivity index (χ0v) is 13.2. The van der Waals surface area contributed by atoms with Gasteiger partial charge in [-0.15, -0.1) is 0 Å². The maximum atomic E-state index is 12.3. The minimum absolute atomic E-state index is 0.201. The van der Waals surface area contributed by atoms with Gasteiger partial charge in [-0.1, -0.05) is 35.9 Å². The molecule has 4 nitrogen and oxygen atoms in total. The van der Waals surface area contributed by atoms with Crippen molar-refractivity contribution in [3.63, 3.8) is 0 Å². The fourth-order valence-electron chi connectivity index (χ4n) is 2.36. The summed E-state index contributed by atoms with van der Waals surface area (Å²) in [5.74, 6) is 0. The summed E-state index contributed by atoms with van der Waals surface area (Å²) in [5, 5.41) is 0.961. The highest BCUT2D eigenvalue weighted by atomic mass is 32.2. The molecule has 0 saturated carbocycles. The molecule has 0 saturated heterocycles. The van der Waals surface area contributed by atoms with E-state index in [0.29, 0.717) is 0 Å². The molecule has 0 atom stereocenters. The first-order valence-electron chi connectivity index (χ1n) is 6.92. The van der Waals surface area contributed by atoms with E-state index in [9.17, 15) is 8.42 Å². The van der Waals surface area contributed by atoms with Crippen molar-refractivity contribution in [2.45, 2.75) is 18.7 Å². The highest BCUT2D eigenvalue weighted by Crippen LogP contribution is 2.21. The van der Waals surface area contributed by atoms with Gasteiger partial charge in [0.15, 0.2) is 0 Å². The number of benzene rings is 2. The van der Waals surface area contributed by atoms with Crippen LogP contribution in [0.5, 0.6) is 0 Å². The largest absolute Gasteiger partial charge is 0.358 e. The van der Waals surface area contributed by atoms with E-state index in [1.54, 1.807) is 24.3 Å². The molecule has 1 N–H and O–H groups in total. The minimum Gasteiger partial charge on any atom is -0.358 e. The zero-order valence-electron chi connectivity index (χ0n) is 12.4. The first kappa shape index (κ1) is 14.5. The van der Waals surface area contributed by atoms with Crippen LogP contribution in [0.25, 0.3) is 10.9 Å². The molecule has 0 spiro atoms. The Hall–Kier alpha value is -2.40. The number of hydrogen-bond acceptors (Lipinski definition) is 2. The zero-order chi connectivity index (χ0) is 15.7. The molecule has 1 aromatic heterocycles. The lowest BCUT2D eigenvalue weighted by atomic mass is 10.1. The molecule has 2 aromatic carbocycles. The van der Waals surface area contributed by atoms with Gasteiger partial charge in [-0.3, -0.25) is 0 Å². The van der Waals surface area contributed by atoms with Crippen molar-refractivity contribution in [2.24, 2.45) is 4.40 Å². The van der Waals surface area contributed by atoms with E-state index in [4.69, 9.17) is 0 Å². The monoisotopic (exact) mass is 312 g/mol. The number of nitrogens with one attached hydrogen (secondary N) is 1. The van der Waals surface area contributed by atoms with Crippen LogP contribution in [-0.2, 0) is 10.0 Å². The Bertz CT molecular complexity index is 952. The van der Waals surface area contributed by atoms with Crippen molar-refractivity contribution >= 4 is 27.1 Å². The van der Waals surface area contributed by atoms with Gasteiger partial charge in [0.25, 0.3) is 10.0 Å². The van der Waals surface area contributed by atoms with Gasteiger partial charge in [-0.25, -0.2) is 0 Å². The van der Waals surface area contributed by atoms with E-state index in [0.717, 1.165) is 27.7 Å². The second-order valence-electron chi connectivity index (χ2n) is 5.23. The number of para-hydroxylation sites is 1. The molecule has 5 heteroatoms. The highest BCUT2D eigenvalue weighted by Gasteiger charge is 2.12. The molecule has 0 amide bonds. The molecule has 0 fully saturated rings. The summed E-state index contributed by atoms with van der Waals surface area (Å²) < 4.78 is 28.4. The quantitative estimate of drug-likeness (QED) is 0.751. The Morgan fingerprint density at radius 2 is 1.68 bits per heavy atom. The maximum Gasteiger partial charge on any atom is 0.282 e. The smallest absolute Gasteiger partial charge is 0.282 e. The second kappa shape index (κ2) is 5.42. The number of H-pyrrole nitrogens is 1. The molecule has 0 aliphatic heterocycles. The van der Waals surface area contributed by atoms with Crippen LogP contribution in [0, 0.1) is 13.8 Å². The molecule has 1 heterocycles. The molecule has 0 bridgehead atoms. The fourth-order valence-corrected chi connectivity index (χ4v) is 3.20. The first-order valence-corrected chi connectivity index (χ1v) is 8.36. The van der Waals surface area contributed by atoms with E-state index < -0.39 is 10.0 Å². The van der Waals surface area contributed by atoms with Crippen LogP contribution in [0.2, 0.25) is 0 Å². The van der Waals surface area contributed by atoms with Crippen LogP contribution >= 0.6 is 0 Å². The summed E-state index contributed by atoms with van der Waals surface area (Å²) >= 11 is 0. The summed E-state index contributed by atoms with van der Waals surface area (Å²) in [6.45, 7) is 3.81. The predicted molar refractivity (Wildman–Crippen MR) is 89.0 cm³/mol. The van der Waals surface area contributed by atoms with Gasteiger partial charge in [0.05, 0.1) is 11.1 Å². The molecule has 0 aliphatic carbocycles. The van der Waals surface area contributed by atoms with Crippen LogP contribution in [0.1, 0.15) is 16.8 Å². The van der Waals surface area contributed by atoms with Crippen LogP contribution in [0.15, 0.2) is 57.8 Å². The van der Waals surface area contributed by atoms with Crippen molar-refractivity contribution in [3.8, 4) is 0 Å². The third-order valence-corrected chi connectivity index (χ3v) is 4.83. The average Bonchev–Trinajstić information content (AvgIpc) is 2.81. The molecular formula is C17H16N2O2S. The summed E-state index contributed by atoms with van der Waals surface area (Å²) in [7, 11) is -3.68. The van der Waals surface area contributed by atoms with Gasteiger partial charge in [-0.2, -0.15) is 12.8 Å². The topological polar surface area (TPSA) is 62.3 Å². The van der Waals surface area contributed by atoms with Crippen LogP contribution < -0.4 is 0 Å². The molecule has 3 aromatic rings. The van der Waals surface area contributed by atoms with Gasteiger partial charge in [0.1, 0.15) is 0 Å². The van der Waals surface area contributed by atoms with Gasteiger partial charge in [-0.05, 0) is 32.0 Å². The summed E-state index contributed by atoms with van der Waals surface area (Å²) in [6, 6.07) is 14.4.